The Morgan fingerprint density at radius 2 is 2.16 bits per heavy atom. The van der Waals surface area contributed by atoms with Crippen molar-refractivity contribution < 1.29 is 12.8 Å². The van der Waals surface area contributed by atoms with E-state index in [9.17, 15) is 12.8 Å². The highest BCUT2D eigenvalue weighted by molar-refractivity contribution is 7.89. The van der Waals surface area contributed by atoms with Crippen molar-refractivity contribution in [3.05, 3.63) is 29.6 Å². The lowest BCUT2D eigenvalue weighted by Crippen LogP contribution is -2.50. The zero-order valence-corrected chi connectivity index (χ0v) is 11.9. The number of hydrogen-bond donors (Lipinski definition) is 2. The van der Waals surface area contributed by atoms with Gasteiger partial charge < -0.3 is 5.32 Å². The predicted octanol–water partition coefficient (Wildman–Crippen LogP) is 1.41. The molecule has 6 heteroatoms. The van der Waals surface area contributed by atoms with Gasteiger partial charge in [0.1, 0.15) is 5.82 Å². The zero-order valence-electron chi connectivity index (χ0n) is 11.1. The van der Waals surface area contributed by atoms with Gasteiger partial charge in [-0.1, -0.05) is 13.0 Å². The Bertz CT molecular complexity index is 560. The molecule has 1 fully saturated rings. The minimum atomic E-state index is -3.68. The molecule has 0 amide bonds. The molecule has 2 atom stereocenters. The maximum atomic E-state index is 13.2. The second-order valence-electron chi connectivity index (χ2n) is 5.11. The fourth-order valence-electron chi connectivity index (χ4n) is 2.27. The third kappa shape index (κ3) is 3.32. The van der Waals surface area contributed by atoms with Crippen molar-refractivity contribution >= 4 is 10.0 Å². The molecular weight excluding hydrogens is 267 g/mol. The third-order valence-corrected chi connectivity index (χ3v) is 5.21. The van der Waals surface area contributed by atoms with E-state index in [1.165, 1.54) is 12.1 Å². The molecule has 4 nitrogen and oxygen atoms in total. The van der Waals surface area contributed by atoms with Crippen molar-refractivity contribution in [2.24, 2.45) is 5.92 Å². The lowest BCUT2D eigenvalue weighted by atomic mass is 9.96. The number of sulfonamides is 1. The number of piperidine rings is 1. The maximum absolute atomic E-state index is 13.2. The van der Waals surface area contributed by atoms with Crippen LogP contribution in [0.25, 0.3) is 0 Å². The number of nitrogens with one attached hydrogen (secondary N) is 2. The van der Waals surface area contributed by atoms with Gasteiger partial charge >= 0.3 is 0 Å². The lowest BCUT2D eigenvalue weighted by molar-refractivity contribution is 0.327. The smallest absolute Gasteiger partial charge is 0.241 e. The van der Waals surface area contributed by atoms with Crippen LogP contribution in [-0.4, -0.2) is 27.5 Å². The molecule has 0 aliphatic carbocycles. The molecule has 1 aliphatic rings. The molecule has 1 aromatic rings. The van der Waals surface area contributed by atoms with Crippen molar-refractivity contribution in [1.82, 2.24) is 10.0 Å². The van der Waals surface area contributed by atoms with E-state index in [1.54, 1.807) is 6.92 Å². The monoisotopic (exact) mass is 286 g/mol. The summed E-state index contributed by atoms with van der Waals surface area (Å²) in [6.45, 7) is 5.19. The summed E-state index contributed by atoms with van der Waals surface area (Å²) in [6, 6.07) is 3.66. The second-order valence-corrected chi connectivity index (χ2v) is 6.79. The molecule has 0 aromatic heterocycles. The normalized spacial score (nSPS) is 24.4. The molecular formula is C13H19FN2O2S. The molecule has 1 heterocycles. The molecule has 0 unspecified atom stereocenters. The summed E-state index contributed by atoms with van der Waals surface area (Å²) in [6.07, 6.45) is 0.926. The molecule has 0 bridgehead atoms. The average Bonchev–Trinajstić information content (AvgIpc) is 2.35. The van der Waals surface area contributed by atoms with Gasteiger partial charge in [-0.3, -0.25) is 0 Å². The van der Waals surface area contributed by atoms with Crippen LogP contribution in [0.4, 0.5) is 4.39 Å². The minimum absolute atomic E-state index is 0.0188. The number of rotatable bonds is 3. The highest BCUT2D eigenvalue weighted by Crippen LogP contribution is 2.19. The first kappa shape index (κ1) is 14.4. The zero-order chi connectivity index (χ0) is 14.0. The van der Waals surface area contributed by atoms with E-state index in [0.29, 0.717) is 12.1 Å². The van der Waals surface area contributed by atoms with Gasteiger partial charge in [0.25, 0.3) is 0 Å². The first-order valence-electron chi connectivity index (χ1n) is 6.39. The van der Waals surface area contributed by atoms with E-state index in [1.807, 2.05) is 6.92 Å². The largest absolute Gasteiger partial charge is 0.315 e. The van der Waals surface area contributed by atoms with Crippen molar-refractivity contribution in [1.29, 1.82) is 0 Å². The molecule has 1 saturated heterocycles. The lowest BCUT2D eigenvalue weighted by Gasteiger charge is -2.30. The summed E-state index contributed by atoms with van der Waals surface area (Å²) in [7, 11) is -3.68. The maximum Gasteiger partial charge on any atom is 0.241 e. The van der Waals surface area contributed by atoms with Gasteiger partial charge in [0.2, 0.25) is 10.0 Å². The minimum Gasteiger partial charge on any atom is -0.315 e. The standard InChI is InChI=1S/C13H19FN2O2S/c1-9-5-6-15-8-12(9)16-19(17,18)13-7-11(14)4-3-10(13)2/h3-4,7,9,12,15-16H,5-6,8H2,1-2H3/t9-,12-/m0/s1. The Labute approximate surface area is 113 Å². The van der Waals surface area contributed by atoms with Crippen LogP contribution in [0.1, 0.15) is 18.9 Å². The van der Waals surface area contributed by atoms with Gasteiger partial charge in [0.05, 0.1) is 4.90 Å². The highest BCUT2D eigenvalue weighted by Gasteiger charge is 2.27. The van der Waals surface area contributed by atoms with E-state index in [0.717, 1.165) is 19.0 Å². The Kier molecular flexibility index (Phi) is 4.23. The van der Waals surface area contributed by atoms with Crippen molar-refractivity contribution in [2.75, 3.05) is 13.1 Å². The molecule has 106 valence electrons. The predicted molar refractivity (Wildman–Crippen MR) is 71.9 cm³/mol. The van der Waals surface area contributed by atoms with Crippen molar-refractivity contribution in [3.8, 4) is 0 Å². The van der Waals surface area contributed by atoms with E-state index in [4.69, 9.17) is 0 Å². The number of halogens is 1. The molecule has 2 rings (SSSR count). The van der Waals surface area contributed by atoms with Gasteiger partial charge in [-0.15, -0.1) is 0 Å². The molecule has 0 spiro atoms. The van der Waals surface area contributed by atoms with Crippen LogP contribution in [0.15, 0.2) is 23.1 Å². The molecule has 0 saturated carbocycles. The Morgan fingerprint density at radius 1 is 1.42 bits per heavy atom. The fourth-order valence-corrected chi connectivity index (χ4v) is 3.87. The van der Waals surface area contributed by atoms with E-state index < -0.39 is 15.8 Å². The van der Waals surface area contributed by atoms with Gasteiger partial charge in [-0.25, -0.2) is 17.5 Å². The summed E-state index contributed by atoms with van der Waals surface area (Å²) in [5.74, 6) is -0.273. The molecule has 19 heavy (non-hydrogen) atoms. The van der Waals surface area contributed by atoms with Crippen LogP contribution >= 0.6 is 0 Å². The fraction of sp³-hybridized carbons (Fsp3) is 0.538. The van der Waals surface area contributed by atoms with Crippen LogP contribution < -0.4 is 10.0 Å². The summed E-state index contributed by atoms with van der Waals surface area (Å²) in [5, 5.41) is 3.16. The van der Waals surface area contributed by atoms with E-state index in [2.05, 4.69) is 10.0 Å². The summed E-state index contributed by atoms with van der Waals surface area (Å²) < 4.78 is 40.5. The molecule has 2 N–H and O–H groups in total. The van der Waals surface area contributed by atoms with Gasteiger partial charge in [-0.05, 0) is 43.5 Å². The van der Waals surface area contributed by atoms with Crippen LogP contribution in [0.3, 0.4) is 0 Å². The quantitative estimate of drug-likeness (QED) is 0.883. The van der Waals surface area contributed by atoms with Crippen LogP contribution in [-0.2, 0) is 10.0 Å². The first-order valence-corrected chi connectivity index (χ1v) is 7.87. The third-order valence-electron chi connectivity index (χ3n) is 3.57. The van der Waals surface area contributed by atoms with Crippen LogP contribution in [0.2, 0.25) is 0 Å². The molecule has 1 aromatic carbocycles. The summed E-state index contributed by atoms with van der Waals surface area (Å²) in [4.78, 5) is 0.0188. The molecule has 0 radical (unpaired) electrons. The van der Waals surface area contributed by atoms with E-state index in [-0.39, 0.29) is 16.9 Å². The number of benzene rings is 1. The van der Waals surface area contributed by atoms with Crippen LogP contribution in [0, 0.1) is 18.7 Å². The summed E-state index contributed by atoms with van der Waals surface area (Å²) in [5.41, 5.74) is 0.547. The van der Waals surface area contributed by atoms with Crippen LogP contribution in [0.5, 0.6) is 0 Å². The van der Waals surface area contributed by atoms with Gasteiger partial charge in [0, 0.05) is 12.6 Å². The van der Waals surface area contributed by atoms with Gasteiger partial charge in [-0.2, -0.15) is 0 Å². The Morgan fingerprint density at radius 3 is 2.84 bits per heavy atom. The SMILES string of the molecule is Cc1ccc(F)cc1S(=O)(=O)N[C@H]1CNCC[C@@H]1C. The van der Waals surface area contributed by atoms with E-state index >= 15 is 0 Å². The second kappa shape index (κ2) is 5.56. The Hall–Kier alpha value is -0.980. The average molecular weight is 286 g/mol. The molecule has 1 aliphatic heterocycles. The number of hydrogen-bond acceptors (Lipinski definition) is 3. The van der Waals surface area contributed by atoms with Crippen molar-refractivity contribution in [2.45, 2.75) is 31.2 Å². The van der Waals surface area contributed by atoms with Crippen molar-refractivity contribution in [3.63, 3.8) is 0 Å². The highest BCUT2D eigenvalue weighted by atomic mass is 32.2. The first-order chi connectivity index (χ1) is 8.90. The topological polar surface area (TPSA) is 58.2 Å². The van der Waals surface area contributed by atoms with Gasteiger partial charge in [0.15, 0.2) is 0 Å². The number of aryl methyl sites for hydroxylation is 1. The Balaban J connectivity index is 2.24. The summed E-state index contributed by atoms with van der Waals surface area (Å²) >= 11 is 0.